The summed E-state index contributed by atoms with van der Waals surface area (Å²) in [6, 6.07) is 9.68. The Bertz CT molecular complexity index is 606. The van der Waals surface area contributed by atoms with Crippen LogP contribution < -0.4 is 4.74 Å². The minimum Gasteiger partial charge on any atom is -0.488 e. The Morgan fingerprint density at radius 3 is 1.74 bits per heavy atom. The van der Waals surface area contributed by atoms with Crippen molar-refractivity contribution in [3.05, 3.63) is 30.3 Å². The van der Waals surface area contributed by atoms with Crippen LogP contribution in [0.3, 0.4) is 0 Å². The van der Waals surface area contributed by atoms with E-state index >= 15 is 0 Å². The van der Waals surface area contributed by atoms with Gasteiger partial charge in [-0.3, -0.25) is 4.52 Å². The van der Waals surface area contributed by atoms with E-state index in [1.54, 1.807) is 0 Å². The largest absolute Gasteiger partial charge is 0.488 e. The summed E-state index contributed by atoms with van der Waals surface area (Å²) in [6.45, 7) is 2.63. The Kier molecular flexibility index (Phi) is 19.6. The number of para-hydroxylation sites is 1. The van der Waals surface area contributed by atoms with Gasteiger partial charge in [0.05, 0.1) is 19.8 Å². The van der Waals surface area contributed by atoms with Gasteiger partial charge in [0, 0.05) is 0 Å². The van der Waals surface area contributed by atoms with Crippen molar-refractivity contribution in [2.24, 2.45) is 0 Å². The number of unbranched alkanes of at least 4 members (excludes halogenated alkanes) is 14. The molecular weight excluding hydrogens is 451 g/mol. The normalized spacial score (nSPS) is 12.7. The number of ether oxygens (including phenoxy) is 2. The van der Waals surface area contributed by atoms with E-state index < -0.39 is 7.82 Å². The molecule has 0 spiro atoms. The topological polar surface area (TPSA) is 85.2 Å². The van der Waals surface area contributed by atoms with E-state index in [0.29, 0.717) is 6.61 Å². The fraction of sp³-hybridized carbons (Fsp3) is 0.778. The highest BCUT2D eigenvalue weighted by Gasteiger charge is 2.14. The summed E-state index contributed by atoms with van der Waals surface area (Å²) in [4.78, 5) is 17.5. The Morgan fingerprint density at radius 1 is 0.735 bits per heavy atom. The van der Waals surface area contributed by atoms with Gasteiger partial charge >= 0.3 is 7.82 Å². The Hall–Kier alpha value is -0.910. The van der Waals surface area contributed by atoms with E-state index in [9.17, 15) is 4.57 Å². The quantitative estimate of drug-likeness (QED) is 0.111. The molecule has 1 atom stereocenters. The lowest BCUT2D eigenvalue weighted by molar-refractivity contribution is 0.0272. The van der Waals surface area contributed by atoms with Crippen molar-refractivity contribution in [3.8, 4) is 5.75 Å². The molecule has 0 bridgehead atoms. The first-order valence-electron chi connectivity index (χ1n) is 13.5. The molecule has 6 nitrogen and oxygen atoms in total. The molecule has 0 saturated heterocycles. The lowest BCUT2D eigenvalue weighted by Gasteiger charge is -2.19. The lowest BCUT2D eigenvalue weighted by Crippen LogP contribution is -2.24. The molecule has 1 aromatic carbocycles. The maximum absolute atomic E-state index is 10.7. The van der Waals surface area contributed by atoms with Crippen LogP contribution in [-0.4, -0.2) is 35.7 Å². The molecule has 0 amide bonds. The predicted molar refractivity (Wildman–Crippen MR) is 139 cm³/mol. The number of hydrogen-bond acceptors (Lipinski definition) is 4. The number of rotatable bonds is 24. The van der Waals surface area contributed by atoms with Crippen LogP contribution in [0.4, 0.5) is 0 Å². The van der Waals surface area contributed by atoms with Crippen molar-refractivity contribution in [3.63, 3.8) is 0 Å². The minimum atomic E-state index is -4.44. The molecule has 0 aliphatic carbocycles. The molecule has 0 saturated carbocycles. The van der Waals surface area contributed by atoms with Gasteiger partial charge in [0.25, 0.3) is 0 Å². The second-order valence-corrected chi connectivity index (χ2v) is 10.4. The van der Waals surface area contributed by atoms with Crippen LogP contribution in [0.2, 0.25) is 0 Å². The van der Waals surface area contributed by atoms with Gasteiger partial charge in [-0.1, -0.05) is 115 Å². The molecule has 1 aromatic rings. The Labute approximate surface area is 208 Å². The van der Waals surface area contributed by atoms with E-state index in [1.807, 2.05) is 30.3 Å². The molecule has 0 heterocycles. The molecule has 0 fully saturated rings. The zero-order valence-electron chi connectivity index (χ0n) is 21.4. The minimum absolute atomic E-state index is 0.0839. The molecule has 0 radical (unpaired) electrons. The van der Waals surface area contributed by atoms with Crippen molar-refractivity contribution in [2.75, 3.05) is 19.8 Å². The predicted octanol–water partition coefficient (Wildman–Crippen LogP) is 7.82. The fourth-order valence-corrected chi connectivity index (χ4v) is 4.35. The summed E-state index contributed by atoms with van der Waals surface area (Å²) in [6.07, 6.45) is 20.9. The maximum atomic E-state index is 10.7. The molecule has 1 unspecified atom stereocenters. The highest BCUT2D eigenvalue weighted by atomic mass is 31.2. The summed E-state index contributed by atoms with van der Waals surface area (Å²) in [7, 11) is -4.44. The van der Waals surface area contributed by atoms with Crippen molar-refractivity contribution in [1.82, 2.24) is 0 Å². The van der Waals surface area contributed by atoms with Gasteiger partial charge in [-0.2, -0.15) is 0 Å². The summed E-state index contributed by atoms with van der Waals surface area (Å²) in [5, 5.41) is 0. The summed E-state index contributed by atoms with van der Waals surface area (Å²) in [5.41, 5.74) is 0. The maximum Gasteiger partial charge on any atom is 0.469 e. The summed E-state index contributed by atoms with van der Waals surface area (Å²) < 4.78 is 26.8. The monoisotopic (exact) mass is 500 g/mol. The number of hydrogen-bond donors (Lipinski definition) is 2. The van der Waals surface area contributed by atoms with Crippen molar-refractivity contribution < 1.29 is 28.3 Å². The second-order valence-electron chi connectivity index (χ2n) is 9.19. The molecule has 34 heavy (non-hydrogen) atoms. The van der Waals surface area contributed by atoms with Gasteiger partial charge in [0.2, 0.25) is 0 Å². The Morgan fingerprint density at radius 2 is 1.24 bits per heavy atom. The van der Waals surface area contributed by atoms with Crippen LogP contribution in [0.1, 0.15) is 110 Å². The van der Waals surface area contributed by atoms with Crippen LogP contribution in [0, 0.1) is 0 Å². The average molecular weight is 501 g/mol. The molecule has 2 N–H and O–H groups in total. The van der Waals surface area contributed by atoms with Gasteiger partial charge in [-0.15, -0.1) is 0 Å². The smallest absolute Gasteiger partial charge is 0.469 e. The summed E-state index contributed by atoms with van der Waals surface area (Å²) in [5.74, 6) is 0.809. The van der Waals surface area contributed by atoms with Gasteiger partial charge in [-0.05, 0) is 25.0 Å². The number of phosphoric ester groups is 1. The molecule has 0 aliphatic rings. The first-order valence-corrected chi connectivity index (χ1v) is 15.0. The van der Waals surface area contributed by atoms with E-state index in [0.717, 1.165) is 18.6 Å². The zero-order chi connectivity index (χ0) is 24.7. The van der Waals surface area contributed by atoms with Crippen molar-refractivity contribution in [2.45, 2.75) is 116 Å². The van der Waals surface area contributed by atoms with Crippen LogP contribution in [0.25, 0.3) is 0 Å². The first kappa shape index (κ1) is 31.1. The van der Waals surface area contributed by atoms with Crippen LogP contribution in [0.15, 0.2) is 30.3 Å². The summed E-state index contributed by atoms with van der Waals surface area (Å²) >= 11 is 0. The molecule has 0 aliphatic heterocycles. The van der Waals surface area contributed by atoms with Gasteiger partial charge in [0.15, 0.2) is 0 Å². The third-order valence-corrected chi connectivity index (χ3v) is 6.49. The first-order chi connectivity index (χ1) is 16.5. The number of phosphoric acid groups is 1. The lowest BCUT2D eigenvalue weighted by atomic mass is 10.0. The van der Waals surface area contributed by atoms with E-state index in [2.05, 4.69) is 11.4 Å². The SMILES string of the molecule is CCCCCCCCCCCCCCCCCC(COCCOP(=O)(O)O)Oc1ccccc1. The third-order valence-electron chi connectivity index (χ3n) is 5.97. The van der Waals surface area contributed by atoms with E-state index in [-0.39, 0.29) is 19.3 Å². The highest BCUT2D eigenvalue weighted by molar-refractivity contribution is 7.46. The van der Waals surface area contributed by atoms with Crippen LogP contribution in [-0.2, 0) is 13.8 Å². The van der Waals surface area contributed by atoms with Gasteiger partial charge in [-0.25, -0.2) is 4.57 Å². The van der Waals surface area contributed by atoms with Gasteiger partial charge in [0.1, 0.15) is 11.9 Å². The number of benzene rings is 1. The highest BCUT2D eigenvalue weighted by Crippen LogP contribution is 2.35. The molecule has 1 rings (SSSR count). The Balaban J connectivity index is 2.06. The van der Waals surface area contributed by atoms with Crippen LogP contribution >= 0.6 is 7.82 Å². The van der Waals surface area contributed by atoms with Crippen molar-refractivity contribution >= 4 is 7.82 Å². The zero-order valence-corrected chi connectivity index (χ0v) is 22.3. The van der Waals surface area contributed by atoms with E-state index in [4.69, 9.17) is 19.3 Å². The average Bonchev–Trinajstić information content (AvgIpc) is 2.81. The van der Waals surface area contributed by atoms with E-state index in [1.165, 1.54) is 89.9 Å². The molecular formula is C27H49O6P. The van der Waals surface area contributed by atoms with Gasteiger partial charge < -0.3 is 19.3 Å². The fourth-order valence-electron chi connectivity index (χ4n) is 4.04. The van der Waals surface area contributed by atoms with Crippen molar-refractivity contribution in [1.29, 1.82) is 0 Å². The second kappa shape index (κ2) is 21.4. The molecule has 7 heteroatoms. The standard InChI is InChI=1S/C27H49O6P/c1-2-3-4-5-6-7-8-9-10-11-12-13-14-15-17-22-27(33-26-20-18-16-19-21-26)25-31-23-24-32-34(28,29)30/h16,18-21,27H,2-15,17,22-25H2,1H3,(H2,28,29,30). The molecule has 198 valence electrons. The third kappa shape index (κ3) is 20.5. The molecule has 0 aromatic heterocycles. The van der Waals surface area contributed by atoms with Crippen LogP contribution in [0.5, 0.6) is 5.75 Å².